The number of likely N-dealkylation sites (tertiary alicyclic amines) is 1. The van der Waals surface area contributed by atoms with E-state index in [1.54, 1.807) is 0 Å². The third-order valence-electron chi connectivity index (χ3n) is 3.16. The fourth-order valence-corrected chi connectivity index (χ4v) is 2.34. The molecule has 2 heterocycles. The van der Waals surface area contributed by atoms with Crippen molar-refractivity contribution in [2.45, 2.75) is 19.0 Å². The largest absolute Gasteiger partial charge is 1.00 e. The van der Waals surface area contributed by atoms with Crippen molar-refractivity contribution in [3.63, 3.8) is 0 Å². The van der Waals surface area contributed by atoms with E-state index in [0.717, 1.165) is 26.2 Å². The molecule has 82 valence electrons. The number of aliphatic hydroxyl groups excluding tert-OH is 1. The molecule has 2 fully saturated rings. The van der Waals surface area contributed by atoms with Gasteiger partial charge in [0.1, 0.15) is 0 Å². The van der Waals surface area contributed by atoms with Crippen LogP contribution in [-0.4, -0.2) is 66.9 Å². The molecule has 2 saturated heterocycles. The van der Waals surface area contributed by atoms with Crippen molar-refractivity contribution in [1.29, 1.82) is 0 Å². The number of hydrogen-bond donors (Lipinski definition) is 1. The van der Waals surface area contributed by atoms with E-state index in [-0.39, 0.29) is 36.2 Å². The number of rotatable bonds is 3. The van der Waals surface area contributed by atoms with Crippen LogP contribution in [0.4, 0.5) is 0 Å². The summed E-state index contributed by atoms with van der Waals surface area (Å²) < 4.78 is 0. The Bertz CT molecular complexity index is 174. The van der Waals surface area contributed by atoms with Gasteiger partial charge in [-0.05, 0) is 39.0 Å². The summed E-state index contributed by atoms with van der Waals surface area (Å²) in [4.78, 5) is 4.79. The summed E-state index contributed by atoms with van der Waals surface area (Å²) in [6.07, 6.45) is 3.05. The quantitative estimate of drug-likeness (QED) is 0.520. The molecule has 5 heteroatoms. The second kappa shape index (κ2) is 7.22. The first kappa shape index (κ1) is 13.9. The van der Waals surface area contributed by atoms with Gasteiger partial charge < -0.3 is 20.2 Å². The first-order chi connectivity index (χ1) is 6.90. The van der Waals surface area contributed by atoms with Gasteiger partial charge in [0.2, 0.25) is 0 Å². The molecule has 15 heavy (non-hydrogen) atoms. The van der Waals surface area contributed by atoms with Gasteiger partial charge in [-0.15, -0.1) is 6.54 Å². The van der Waals surface area contributed by atoms with Gasteiger partial charge in [-0.2, -0.15) is 0 Å². The summed E-state index contributed by atoms with van der Waals surface area (Å²) in [6.45, 7) is 6.46. The topological polar surface area (TPSA) is 40.8 Å². The average molecular weight is 221 g/mol. The predicted molar refractivity (Wildman–Crippen MR) is 56.3 cm³/mol. The molecule has 1 atom stereocenters. The predicted octanol–water partition coefficient (Wildman–Crippen LogP) is -2.91. The zero-order valence-corrected chi connectivity index (χ0v) is 11.7. The Morgan fingerprint density at radius 3 is 2.60 bits per heavy atom. The van der Waals surface area contributed by atoms with Crippen LogP contribution in [0.15, 0.2) is 0 Å². The minimum atomic E-state index is 0. The minimum absolute atomic E-state index is 0. The van der Waals surface area contributed by atoms with Gasteiger partial charge in [-0.3, -0.25) is 0 Å². The summed E-state index contributed by atoms with van der Waals surface area (Å²) in [6, 6.07) is 0. The Morgan fingerprint density at radius 1 is 1.20 bits per heavy atom. The maximum absolute atomic E-state index is 8.88. The molecule has 0 saturated carbocycles. The molecule has 0 amide bonds. The van der Waals surface area contributed by atoms with Gasteiger partial charge in [0.15, 0.2) is 0 Å². The van der Waals surface area contributed by atoms with Crippen LogP contribution < -0.4 is 29.6 Å². The van der Waals surface area contributed by atoms with Gasteiger partial charge in [0, 0.05) is 6.54 Å². The smallest absolute Gasteiger partial charge is 0.645 e. The molecule has 2 aliphatic rings. The number of hydrogen-bond acceptors (Lipinski definition) is 3. The van der Waals surface area contributed by atoms with Crippen LogP contribution in [0.5, 0.6) is 0 Å². The van der Waals surface area contributed by atoms with E-state index < -0.39 is 0 Å². The zero-order chi connectivity index (χ0) is 9.80. The Morgan fingerprint density at radius 2 is 1.93 bits per heavy atom. The minimum Gasteiger partial charge on any atom is -0.645 e. The Kier molecular flexibility index (Phi) is 6.69. The van der Waals surface area contributed by atoms with Gasteiger partial charge >= 0.3 is 29.6 Å². The van der Waals surface area contributed by atoms with Gasteiger partial charge in [-0.1, -0.05) is 6.17 Å². The number of β-amino-alcohol motifs (C(OH)–C–C–N with tert-alkyl or cyclic N) is 1. The van der Waals surface area contributed by atoms with E-state index in [4.69, 9.17) is 5.11 Å². The standard InChI is InChI=1S/C10H20N3O.Na/c14-8-7-12-6-3-11-10(9-12)13-4-1-2-5-13;/h10,14H,1-9H2;/q-1;+1. The summed E-state index contributed by atoms with van der Waals surface area (Å²) in [7, 11) is 0. The van der Waals surface area contributed by atoms with Crippen LogP contribution >= 0.6 is 0 Å². The molecule has 0 aromatic heterocycles. The average Bonchev–Trinajstić information content (AvgIpc) is 2.71. The van der Waals surface area contributed by atoms with Crippen LogP contribution in [0, 0.1) is 0 Å². The fraction of sp³-hybridized carbons (Fsp3) is 1.00. The molecule has 1 N–H and O–H groups in total. The van der Waals surface area contributed by atoms with Crippen molar-refractivity contribution in [3.8, 4) is 0 Å². The van der Waals surface area contributed by atoms with Crippen molar-refractivity contribution in [3.05, 3.63) is 5.32 Å². The molecule has 4 nitrogen and oxygen atoms in total. The van der Waals surface area contributed by atoms with E-state index in [9.17, 15) is 0 Å². The first-order valence-corrected chi connectivity index (χ1v) is 5.64. The first-order valence-electron chi connectivity index (χ1n) is 5.64. The fourth-order valence-electron chi connectivity index (χ4n) is 2.34. The molecular formula is C10H20N3NaO. The third kappa shape index (κ3) is 3.97. The molecule has 2 rings (SSSR count). The van der Waals surface area contributed by atoms with Crippen molar-refractivity contribution in [2.75, 3.05) is 45.9 Å². The maximum Gasteiger partial charge on any atom is 1.00 e. The van der Waals surface area contributed by atoms with E-state index in [1.807, 2.05) is 0 Å². The third-order valence-corrected chi connectivity index (χ3v) is 3.16. The van der Waals surface area contributed by atoms with Gasteiger partial charge in [-0.25, -0.2) is 0 Å². The number of aliphatic hydroxyl groups is 1. The van der Waals surface area contributed by atoms with Crippen LogP contribution in [0.3, 0.4) is 0 Å². The molecule has 0 radical (unpaired) electrons. The van der Waals surface area contributed by atoms with Crippen LogP contribution in [-0.2, 0) is 0 Å². The molecule has 0 bridgehead atoms. The van der Waals surface area contributed by atoms with E-state index in [1.165, 1.54) is 25.9 Å². The summed E-state index contributed by atoms with van der Waals surface area (Å²) in [5, 5.41) is 13.5. The normalized spacial score (nSPS) is 29.0. The molecule has 0 aromatic rings. The van der Waals surface area contributed by atoms with Crippen molar-refractivity contribution in [2.24, 2.45) is 0 Å². The van der Waals surface area contributed by atoms with Crippen molar-refractivity contribution < 1.29 is 34.7 Å². The van der Waals surface area contributed by atoms with E-state index in [0.29, 0.717) is 6.17 Å². The summed E-state index contributed by atoms with van der Waals surface area (Å²) in [5.74, 6) is 0. The zero-order valence-electron chi connectivity index (χ0n) is 9.73. The molecule has 1 unspecified atom stereocenters. The maximum atomic E-state index is 8.88. The van der Waals surface area contributed by atoms with Crippen molar-refractivity contribution in [1.82, 2.24) is 9.80 Å². The van der Waals surface area contributed by atoms with E-state index in [2.05, 4.69) is 15.1 Å². The molecular weight excluding hydrogens is 201 g/mol. The van der Waals surface area contributed by atoms with Gasteiger partial charge in [0.25, 0.3) is 0 Å². The van der Waals surface area contributed by atoms with Gasteiger partial charge in [0.05, 0.1) is 6.61 Å². The Balaban J connectivity index is 0.00000112. The molecule has 0 aliphatic carbocycles. The summed E-state index contributed by atoms with van der Waals surface area (Å²) in [5.41, 5.74) is 0. The number of piperazine rings is 1. The summed E-state index contributed by atoms with van der Waals surface area (Å²) >= 11 is 0. The second-order valence-corrected chi connectivity index (χ2v) is 4.15. The van der Waals surface area contributed by atoms with Crippen LogP contribution in [0.1, 0.15) is 12.8 Å². The molecule has 0 spiro atoms. The van der Waals surface area contributed by atoms with Crippen LogP contribution in [0.25, 0.3) is 5.32 Å². The number of nitrogens with zero attached hydrogens (tertiary/aromatic N) is 3. The van der Waals surface area contributed by atoms with Crippen LogP contribution in [0.2, 0.25) is 0 Å². The van der Waals surface area contributed by atoms with Crippen molar-refractivity contribution >= 4 is 0 Å². The Labute approximate surface area is 114 Å². The molecule has 0 aromatic carbocycles. The SMILES string of the molecule is OCCN1CC[N-]C(N2CCCC2)C1.[Na+]. The van der Waals surface area contributed by atoms with E-state index >= 15 is 0 Å². The second-order valence-electron chi connectivity index (χ2n) is 4.15. The Hall–Kier alpha value is 0.840. The monoisotopic (exact) mass is 221 g/mol. The molecule has 2 aliphatic heterocycles.